The zero-order chi connectivity index (χ0) is 16.9. The van der Waals surface area contributed by atoms with Crippen molar-refractivity contribution in [3.05, 3.63) is 54.4 Å². The van der Waals surface area contributed by atoms with Gasteiger partial charge >= 0.3 is 0 Å². The van der Waals surface area contributed by atoms with Crippen molar-refractivity contribution in [2.24, 2.45) is 0 Å². The van der Waals surface area contributed by atoms with Crippen LogP contribution < -0.4 is 14.8 Å². The van der Waals surface area contributed by atoms with Gasteiger partial charge in [-0.05, 0) is 52.9 Å². The fourth-order valence-electron chi connectivity index (χ4n) is 2.17. The maximum absolute atomic E-state index is 12.5. The van der Waals surface area contributed by atoms with E-state index in [1.54, 1.807) is 49.6 Å². The van der Waals surface area contributed by atoms with E-state index in [-0.39, 0.29) is 5.91 Å². The summed E-state index contributed by atoms with van der Waals surface area (Å²) in [6.07, 6.45) is 1.49. The fraction of sp³-hybridized carbons (Fsp3) is 0.125. The normalized spacial score (nSPS) is 10.2. The molecule has 0 aliphatic carbocycles. The fourth-order valence-corrected chi connectivity index (χ4v) is 2.17. The van der Waals surface area contributed by atoms with Crippen molar-refractivity contribution in [2.45, 2.75) is 0 Å². The number of carbonyl (C=O) groups excluding carboxylic acids is 1. The van der Waals surface area contributed by atoms with Crippen molar-refractivity contribution < 1.29 is 14.3 Å². The largest absolute Gasteiger partial charge is 0.497 e. The molecule has 0 saturated heterocycles. The summed E-state index contributed by atoms with van der Waals surface area (Å²) >= 11 is 0. The van der Waals surface area contributed by atoms with E-state index >= 15 is 0 Å². The molecule has 0 fully saturated rings. The number of nitrogens with zero attached hydrogens (tertiary/aromatic N) is 4. The lowest BCUT2D eigenvalue weighted by atomic mass is 10.1. The van der Waals surface area contributed by atoms with E-state index in [1.165, 1.54) is 18.1 Å². The molecule has 3 rings (SSSR count). The standard InChI is InChI=1S/C16H15N5O3/c1-23-13-7-8-15(24-2)14(9-13)16(22)18-11-3-5-12(6-4-11)21-10-17-19-20-21/h3-10H,1-2H3,(H,18,22). The second-order valence-corrected chi connectivity index (χ2v) is 4.82. The first kappa shape index (κ1) is 15.5. The monoisotopic (exact) mass is 325 g/mol. The van der Waals surface area contributed by atoms with Gasteiger partial charge in [-0.2, -0.15) is 0 Å². The van der Waals surface area contributed by atoms with Crippen LogP contribution in [-0.2, 0) is 0 Å². The Kier molecular flexibility index (Phi) is 4.37. The molecule has 0 spiro atoms. The number of methoxy groups -OCH3 is 2. The molecule has 0 radical (unpaired) electrons. The second kappa shape index (κ2) is 6.78. The zero-order valence-corrected chi connectivity index (χ0v) is 13.1. The summed E-state index contributed by atoms with van der Waals surface area (Å²) < 4.78 is 11.9. The highest BCUT2D eigenvalue weighted by atomic mass is 16.5. The molecule has 0 bridgehead atoms. The van der Waals surface area contributed by atoms with Gasteiger partial charge in [0.15, 0.2) is 0 Å². The molecule has 122 valence electrons. The Morgan fingerprint density at radius 1 is 1.08 bits per heavy atom. The molecule has 0 saturated carbocycles. The lowest BCUT2D eigenvalue weighted by Gasteiger charge is -2.11. The van der Waals surface area contributed by atoms with E-state index in [2.05, 4.69) is 20.8 Å². The average Bonchev–Trinajstić information content (AvgIpc) is 3.16. The van der Waals surface area contributed by atoms with E-state index < -0.39 is 0 Å². The summed E-state index contributed by atoms with van der Waals surface area (Å²) in [7, 11) is 3.06. The molecule has 24 heavy (non-hydrogen) atoms. The van der Waals surface area contributed by atoms with Crippen molar-refractivity contribution >= 4 is 11.6 Å². The molecule has 0 unspecified atom stereocenters. The highest BCUT2D eigenvalue weighted by Crippen LogP contribution is 2.25. The summed E-state index contributed by atoms with van der Waals surface area (Å²) in [5.74, 6) is 0.759. The minimum Gasteiger partial charge on any atom is -0.497 e. The topological polar surface area (TPSA) is 91.2 Å². The molecule has 1 aromatic heterocycles. The first-order valence-corrected chi connectivity index (χ1v) is 7.08. The van der Waals surface area contributed by atoms with Gasteiger partial charge in [-0.25, -0.2) is 4.68 Å². The number of nitrogens with one attached hydrogen (secondary N) is 1. The number of carbonyl (C=O) groups is 1. The minimum absolute atomic E-state index is 0.291. The molecular formula is C16H15N5O3. The molecule has 0 atom stereocenters. The summed E-state index contributed by atoms with van der Waals surface area (Å²) in [6.45, 7) is 0. The summed E-state index contributed by atoms with van der Waals surface area (Å²) in [4.78, 5) is 12.5. The number of aromatic nitrogens is 4. The van der Waals surface area contributed by atoms with Gasteiger partial charge in [-0.15, -0.1) is 5.10 Å². The Morgan fingerprint density at radius 3 is 2.50 bits per heavy atom. The van der Waals surface area contributed by atoms with Crippen LogP contribution >= 0.6 is 0 Å². The Morgan fingerprint density at radius 2 is 1.88 bits per heavy atom. The van der Waals surface area contributed by atoms with Crippen LogP contribution in [0.3, 0.4) is 0 Å². The predicted molar refractivity (Wildman–Crippen MR) is 86.7 cm³/mol. The van der Waals surface area contributed by atoms with Gasteiger partial charge in [0.25, 0.3) is 5.91 Å². The number of ether oxygens (including phenoxy) is 2. The van der Waals surface area contributed by atoms with Crippen molar-refractivity contribution in [3.8, 4) is 17.2 Å². The van der Waals surface area contributed by atoms with Crippen LogP contribution in [0.1, 0.15) is 10.4 Å². The van der Waals surface area contributed by atoms with Gasteiger partial charge < -0.3 is 14.8 Å². The van der Waals surface area contributed by atoms with E-state index in [0.717, 1.165) is 5.69 Å². The highest BCUT2D eigenvalue weighted by molar-refractivity contribution is 6.06. The van der Waals surface area contributed by atoms with Crippen LogP contribution in [0, 0.1) is 0 Å². The van der Waals surface area contributed by atoms with Gasteiger partial charge in [0.05, 0.1) is 25.5 Å². The Bertz CT molecular complexity index is 831. The van der Waals surface area contributed by atoms with Crippen LogP contribution in [0.4, 0.5) is 5.69 Å². The molecule has 1 amide bonds. The number of hydrogen-bond acceptors (Lipinski definition) is 6. The van der Waals surface area contributed by atoms with Crippen molar-refractivity contribution in [2.75, 3.05) is 19.5 Å². The minimum atomic E-state index is -0.291. The van der Waals surface area contributed by atoms with Crippen LogP contribution in [-0.4, -0.2) is 40.3 Å². The second-order valence-electron chi connectivity index (χ2n) is 4.82. The van der Waals surface area contributed by atoms with E-state index in [1.807, 2.05) is 0 Å². The number of rotatable bonds is 5. The Balaban J connectivity index is 1.80. The summed E-state index contributed by atoms with van der Waals surface area (Å²) in [6, 6.07) is 12.2. The van der Waals surface area contributed by atoms with Crippen molar-refractivity contribution in [1.29, 1.82) is 0 Å². The molecule has 2 aromatic carbocycles. The van der Waals surface area contributed by atoms with E-state index in [0.29, 0.717) is 22.7 Å². The average molecular weight is 325 g/mol. The van der Waals surface area contributed by atoms with E-state index in [9.17, 15) is 4.79 Å². The van der Waals surface area contributed by atoms with Crippen LogP contribution in [0.15, 0.2) is 48.8 Å². The maximum Gasteiger partial charge on any atom is 0.259 e. The first-order chi connectivity index (χ1) is 11.7. The Labute approximate surface area is 138 Å². The number of benzene rings is 2. The number of anilines is 1. The molecule has 8 nitrogen and oxygen atoms in total. The smallest absolute Gasteiger partial charge is 0.259 e. The third kappa shape index (κ3) is 3.17. The molecule has 0 aliphatic heterocycles. The van der Waals surface area contributed by atoms with Gasteiger partial charge in [-0.1, -0.05) is 0 Å². The van der Waals surface area contributed by atoms with Crippen LogP contribution in [0.5, 0.6) is 11.5 Å². The van der Waals surface area contributed by atoms with Gasteiger partial charge in [0.1, 0.15) is 17.8 Å². The van der Waals surface area contributed by atoms with Crippen molar-refractivity contribution in [1.82, 2.24) is 20.2 Å². The quantitative estimate of drug-likeness (QED) is 0.771. The predicted octanol–water partition coefficient (Wildman–Crippen LogP) is 1.93. The first-order valence-electron chi connectivity index (χ1n) is 7.08. The van der Waals surface area contributed by atoms with E-state index in [4.69, 9.17) is 9.47 Å². The van der Waals surface area contributed by atoms with Crippen LogP contribution in [0.2, 0.25) is 0 Å². The third-order valence-corrected chi connectivity index (χ3v) is 3.39. The molecule has 1 N–H and O–H groups in total. The molecule has 3 aromatic rings. The lowest BCUT2D eigenvalue weighted by Crippen LogP contribution is -2.13. The highest BCUT2D eigenvalue weighted by Gasteiger charge is 2.14. The number of tetrazole rings is 1. The number of amides is 1. The third-order valence-electron chi connectivity index (χ3n) is 3.39. The van der Waals surface area contributed by atoms with Gasteiger partial charge in [0, 0.05) is 5.69 Å². The SMILES string of the molecule is COc1ccc(OC)c(C(=O)Nc2ccc(-n3cnnn3)cc2)c1. The zero-order valence-electron chi connectivity index (χ0n) is 13.1. The van der Waals surface area contributed by atoms with Gasteiger partial charge in [-0.3, -0.25) is 4.79 Å². The van der Waals surface area contributed by atoms with Crippen molar-refractivity contribution in [3.63, 3.8) is 0 Å². The summed E-state index contributed by atoms with van der Waals surface area (Å²) in [5, 5.41) is 13.8. The Hall–Kier alpha value is -3.42. The maximum atomic E-state index is 12.5. The van der Waals surface area contributed by atoms with Gasteiger partial charge in [0.2, 0.25) is 0 Å². The van der Waals surface area contributed by atoms with Crippen LogP contribution in [0.25, 0.3) is 5.69 Å². The number of hydrogen-bond donors (Lipinski definition) is 1. The molecule has 0 aliphatic rings. The molecule has 8 heteroatoms. The molecular weight excluding hydrogens is 310 g/mol. The lowest BCUT2D eigenvalue weighted by molar-refractivity contribution is 0.102. The summed E-state index contributed by atoms with van der Waals surface area (Å²) in [5.41, 5.74) is 1.82. The molecule has 1 heterocycles.